The Hall–Kier alpha value is -3.93. The lowest BCUT2D eigenvalue weighted by Crippen LogP contribution is -2.46. The van der Waals surface area contributed by atoms with Gasteiger partial charge in [-0.3, -0.25) is 14.1 Å². The Balaban J connectivity index is 0.000000257. The van der Waals surface area contributed by atoms with Gasteiger partial charge in [0.05, 0.1) is 21.5 Å². The maximum absolute atomic E-state index is 14.3. The van der Waals surface area contributed by atoms with Crippen LogP contribution >= 0.6 is 0 Å². The standard InChI is InChI=1S/C20H19FN4O2.C7H8O3S/c21-17-6-5-13(11-16(17)20(27)25-9-7-22-8-10-25)12-18-14-3-1-2-4-15(14)19(26)24-23-18;1-6-2-4-7(5-3-6)11(8,9)10/h1-6,11,22H,7-10,12H2,(H,24,26);2-5H,1H3,(H,8,9,10). The van der Waals surface area contributed by atoms with Gasteiger partial charge in [-0.2, -0.15) is 13.5 Å². The number of aryl methyl sites for hydroxylation is 1. The second kappa shape index (κ2) is 11.6. The van der Waals surface area contributed by atoms with Crippen molar-refractivity contribution in [3.63, 3.8) is 0 Å². The molecule has 11 heteroatoms. The molecule has 1 aliphatic rings. The molecule has 0 unspecified atom stereocenters. The average molecular weight is 539 g/mol. The van der Waals surface area contributed by atoms with E-state index in [1.807, 2.05) is 19.1 Å². The van der Waals surface area contributed by atoms with Crippen LogP contribution in [0.1, 0.15) is 27.2 Å². The van der Waals surface area contributed by atoms with Crippen LogP contribution in [0.3, 0.4) is 0 Å². The number of fused-ring (bicyclic) bond motifs is 1. The summed E-state index contributed by atoms with van der Waals surface area (Å²) >= 11 is 0. The van der Waals surface area contributed by atoms with Crippen LogP contribution in [-0.2, 0) is 16.5 Å². The monoisotopic (exact) mass is 538 g/mol. The molecule has 4 aromatic rings. The largest absolute Gasteiger partial charge is 0.336 e. The first-order valence-electron chi connectivity index (χ1n) is 11.9. The second-order valence-electron chi connectivity index (χ2n) is 8.87. The molecule has 3 aromatic carbocycles. The molecule has 38 heavy (non-hydrogen) atoms. The number of carbonyl (C=O) groups is 1. The summed E-state index contributed by atoms with van der Waals surface area (Å²) in [6.45, 7) is 4.39. The van der Waals surface area contributed by atoms with Gasteiger partial charge < -0.3 is 10.2 Å². The predicted octanol–water partition coefficient (Wildman–Crippen LogP) is 2.94. The fourth-order valence-corrected chi connectivity index (χ4v) is 4.57. The van der Waals surface area contributed by atoms with E-state index >= 15 is 0 Å². The van der Waals surface area contributed by atoms with Crippen LogP contribution < -0.4 is 10.9 Å². The van der Waals surface area contributed by atoms with Crippen molar-refractivity contribution in [3.8, 4) is 0 Å². The Morgan fingerprint density at radius 2 is 1.68 bits per heavy atom. The molecule has 3 N–H and O–H groups in total. The first kappa shape index (κ1) is 27.1. The summed E-state index contributed by atoms with van der Waals surface area (Å²) in [4.78, 5) is 26.2. The molecule has 1 fully saturated rings. The molecule has 1 amide bonds. The fourth-order valence-electron chi connectivity index (χ4n) is 4.09. The number of nitrogens with one attached hydrogen (secondary N) is 2. The van der Waals surface area contributed by atoms with Crippen LogP contribution in [0.4, 0.5) is 4.39 Å². The minimum Gasteiger partial charge on any atom is -0.336 e. The number of piperazine rings is 1. The predicted molar refractivity (Wildman–Crippen MR) is 141 cm³/mol. The van der Waals surface area contributed by atoms with Gasteiger partial charge in [0, 0.05) is 38.0 Å². The van der Waals surface area contributed by atoms with Gasteiger partial charge >= 0.3 is 0 Å². The number of aromatic amines is 1. The smallest absolute Gasteiger partial charge is 0.294 e. The van der Waals surface area contributed by atoms with Crippen LogP contribution in [0.15, 0.2) is 76.4 Å². The van der Waals surface area contributed by atoms with E-state index in [1.165, 1.54) is 18.2 Å². The zero-order valence-electron chi connectivity index (χ0n) is 20.6. The topological polar surface area (TPSA) is 132 Å². The molecule has 9 nitrogen and oxygen atoms in total. The number of halogens is 1. The van der Waals surface area contributed by atoms with Crippen molar-refractivity contribution >= 4 is 26.8 Å². The number of rotatable bonds is 4. The highest BCUT2D eigenvalue weighted by Crippen LogP contribution is 2.19. The fraction of sp³-hybridized carbons (Fsp3) is 0.222. The normalized spacial score (nSPS) is 13.6. The van der Waals surface area contributed by atoms with E-state index < -0.39 is 15.9 Å². The highest BCUT2D eigenvalue weighted by Gasteiger charge is 2.21. The molecule has 1 aliphatic heterocycles. The van der Waals surface area contributed by atoms with Crippen molar-refractivity contribution in [1.29, 1.82) is 0 Å². The van der Waals surface area contributed by atoms with Gasteiger partial charge in [-0.05, 0) is 42.8 Å². The summed E-state index contributed by atoms with van der Waals surface area (Å²) in [6.07, 6.45) is 0.388. The summed E-state index contributed by atoms with van der Waals surface area (Å²) in [5, 5.41) is 11.1. The molecule has 198 valence electrons. The molecule has 0 spiro atoms. The van der Waals surface area contributed by atoms with E-state index in [9.17, 15) is 22.4 Å². The number of H-pyrrole nitrogens is 1. The minimum atomic E-state index is -4.02. The van der Waals surface area contributed by atoms with Gasteiger partial charge in [0.1, 0.15) is 5.82 Å². The van der Waals surface area contributed by atoms with Crippen molar-refractivity contribution in [2.75, 3.05) is 26.2 Å². The number of hydrogen-bond donors (Lipinski definition) is 3. The third-order valence-corrected chi connectivity index (χ3v) is 7.00. The molecule has 0 saturated carbocycles. The average Bonchev–Trinajstić information content (AvgIpc) is 2.92. The lowest BCUT2D eigenvalue weighted by Gasteiger charge is -2.27. The Kier molecular flexibility index (Phi) is 8.30. The van der Waals surface area contributed by atoms with Crippen molar-refractivity contribution in [3.05, 3.63) is 105 Å². The molecule has 1 saturated heterocycles. The zero-order chi connectivity index (χ0) is 27.3. The first-order valence-corrected chi connectivity index (χ1v) is 13.4. The molecule has 2 heterocycles. The Morgan fingerprint density at radius 3 is 2.34 bits per heavy atom. The van der Waals surface area contributed by atoms with Gasteiger partial charge in [0.25, 0.3) is 21.6 Å². The molecule has 0 aliphatic carbocycles. The maximum Gasteiger partial charge on any atom is 0.294 e. The lowest BCUT2D eigenvalue weighted by molar-refractivity contribution is 0.0731. The van der Waals surface area contributed by atoms with E-state index in [1.54, 1.807) is 41.3 Å². The van der Waals surface area contributed by atoms with Crippen LogP contribution in [0.25, 0.3) is 10.8 Å². The first-order chi connectivity index (χ1) is 18.1. The van der Waals surface area contributed by atoms with Gasteiger partial charge in [0.2, 0.25) is 0 Å². The maximum atomic E-state index is 14.3. The van der Waals surface area contributed by atoms with E-state index in [0.717, 1.165) is 16.5 Å². The van der Waals surface area contributed by atoms with Gasteiger partial charge in [0.15, 0.2) is 0 Å². The van der Waals surface area contributed by atoms with E-state index in [2.05, 4.69) is 15.5 Å². The Bertz CT molecular complexity index is 1620. The van der Waals surface area contributed by atoms with Crippen LogP contribution in [-0.4, -0.2) is 60.2 Å². The van der Waals surface area contributed by atoms with Crippen molar-refractivity contribution in [2.24, 2.45) is 0 Å². The minimum absolute atomic E-state index is 0.0666. The molecule has 0 radical (unpaired) electrons. The van der Waals surface area contributed by atoms with Crippen LogP contribution in [0.5, 0.6) is 0 Å². The SMILES string of the molecule is Cc1ccc(S(=O)(=O)O)cc1.O=C(c1cc(Cc2n[nH]c(=O)c3ccccc23)ccc1F)N1CCNCC1. The van der Waals surface area contributed by atoms with Gasteiger partial charge in [-0.15, -0.1) is 0 Å². The molecule has 5 rings (SSSR count). The van der Waals surface area contributed by atoms with E-state index in [-0.39, 0.29) is 21.9 Å². The Morgan fingerprint density at radius 1 is 1.03 bits per heavy atom. The quantitative estimate of drug-likeness (QED) is 0.340. The molecular formula is C27H27FN4O5S. The van der Waals surface area contributed by atoms with Gasteiger partial charge in [-0.1, -0.05) is 42.0 Å². The highest BCUT2D eigenvalue weighted by molar-refractivity contribution is 7.85. The summed E-state index contributed by atoms with van der Waals surface area (Å²) in [7, 11) is -4.02. The summed E-state index contributed by atoms with van der Waals surface area (Å²) in [6, 6.07) is 17.7. The van der Waals surface area contributed by atoms with Crippen molar-refractivity contribution in [1.82, 2.24) is 20.4 Å². The van der Waals surface area contributed by atoms with Crippen LogP contribution in [0.2, 0.25) is 0 Å². The Labute approximate surface area is 219 Å². The van der Waals surface area contributed by atoms with Gasteiger partial charge in [-0.25, -0.2) is 9.49 Å². The summed E-state index contributed by atoms with van der Waals surface area (Å²) < 4.78 is 43.8. The lowest BCUT2D eigenvalue weighted by atomic mass is 10.0. The second-order valence-corrected chi connectivity index (χ2v) is 10.3. The number of nitrogens with zero attached hydrogens (tertiary/aromatic N) is 2. The summed E-state index contributed by atoms with van der Waals surface area (Å²) in [5.74, 6) is -0.822. The highest BCUT2D eigenvalue weighted by atomic mass is 32.2. The number of aromatic nitrogens is 2. The van der Waals surface area contributed by atoms with Crippen LogP contribution in [0, 0.1) is 12.7 Å². The molecule has 0 atom stereocenters. The third kappa shape index (κ3) is 6.49. The number of carbonyl (C=O) groups excluding carboxylic acids is 1. The van der Waals surface area contributed by atoms with E-state index in [0.29, 0.717) is 43.7 Å². The van der Waals surface area contributed by atoms with Crippen molar-refractivity contribution in [2.45, 2.75) is 18.2 Å². The summed E-state index contributed by atoms with van der Waals surface area (Å²) in [5.41, 5.74) is 2.22. The number of hydrogen-bond acceptors (Lipinski definition) is 6. The zero-order valence-corrected chi connectivity index (χ0v) is 21.5. The van der Waals surface area contributed by atoms with Crippen molar-refractivity contribution < 1.29 is 22.2 Å². The molecule has 0 bridgehead atoms. The molecule has 1 aromatic heterocycles. The third-order valence-electron chi connectivity index (χ3n) is 6.13. The number of benzene rings is 3. The number of amides is 1. The van der Waals surface area contributed by atoms with E-state index in [4.69, 9.17) is 4.55 Å². The molecular weight excluding hydrogens is 511 g/mol.